The molecule has 0 saturated heterocycles. The largest absolute Gasteiger partial charge is 0.480 e. The summed E-state index contributed by atoms with van der Waals surface area (Å²) in [5, 5.41) is 14.9. The van der Waals surface area contributed by atoms with E-state index in [1.165, 1.54) is 16.9 Å². The Balaban J connectivity index is 2.43. The van der Waals surface area contributed by atoms with Crippen molar-refractivity contribution in [3.05, 3.63) is 12.3 Å². The number of nitrogens with one attached hydrogen (secondary N) is 1. The van der Waals surface area contributed by atoms with Gasteiger partial charge in [-0.25, -0.2) is 0 Å². The van der Waals surface area contributed by atoms with E-state index in [1.807, 2.05) is 13.8 Å². The molecule has 2 N–H and O–H groups in total. The smallest absolute Gasteiger partial charge is 0.325 e. The highest BCUT2D eigenvalue weighted by Gasteiger charge is 2.07. The van der Waals surface area contributed by atoms with Gasteiger partial charge in [0, 0.05) is 12.3 Å². The van der Waals surface area contributed by atoms with Crippen molar-refractivity contribution >= 4 is 17.7 Å². The molecule has 94 valence electrons. The van der Waals surface area contributed by atoms with Gasteiger partial charge < -0.3 is 15.2 Å². The molecule has 0 atom stereocenters. The summed E-state index contributed by atoms with van der Waals surface area (Å²) < 4.78 is 6.33. The molecule has 0 bridgehead atoms. The molecule has 1 amide bonds. The molecule has 0 fully saturated rings. The summed E-state index contributed by atoms with van der Waals surface area (Å²) in [5.74, 6) is -1.00. The van der Waals surface area contributed by atoms with Gasteiger partial charge in [0.05, 0.1) is 6.10 Å². The molecule has 0 radical (unpaired) electrons. The zero-order valence-electron chi connectivity index (χ0n) is 9.71. The van der Waals surface area contributed by atoms with Gasteiger partial charge in [0.15, 0.2) is 5.82 Å². The maximum absolute atomic E-state index is 11.3. The number of hydrogen-bond acceptors (Lipinski definition) is 4. The highest BCUT2D eigenvalue weighted by molar-refractivity contribution is 5.90. The first-order valence-electron chi connectivity index (χ1n) is 5.14. The summed E-state index contributed by atoms with van der Waals surface area (Å²) in [6, 6.07) is 1.52. The number of ether oxygens (including phenoxy) is 1. The van der Waals surface area contributed by atoms with Gasteiger partial charge in [-0.1, -0.05) is 0 Å². The summed E-state index contributed by atoms with van der Waals surface area (Å²) in [6.45, 7) is 3.37. The minimum atomic E-state index is -0.992. The van der Waals surface area contributed by atoms with Crippen LogP contribution in [0.2, 0.25) is 0 Å². The van der Waals surface area contributed by atoms with Crippen LogP contribution in [-0.2, 0) is 20.9 Å². The van der Waals surface area contributed by atoms with E-state index in [2.05, 4.69) is 10.4 Å². The molecule has 7 heteroatoms. The Morgan fingerprint density at radius 3 is 2.88 bits per heavy atom. The summed E-state index contributed by atoms with van der Waals surface area (Å²) in [7, 11) is 0. The molecule has 1 heterocycles. The van der Waals surface area contributed by atoms with Gasteiger partial charge in [-0.3, -0.25) is 14.3 Å². The van der Waals surface area contributed by atoms with Crippen molar-refractivity contribution < 1.29 is 19.4 Å². The Labute approximate surface area is 98.4 Å². The third kappa shape index (κ3) is 5.12. The Kier molecular flexibility index (Phi) is 4.65. The van der Waals surface area contributed by atoms with Crippen molar-refractivity contribution in [1.29, 1.82) is 0 Å². The zero-order chi connectivity index (χ0) is 12.8. The Hall–Kier alpha value is -1.89. The number of nitrogens with zero attached hydrogens (tertiary/aromatic N) is 2. The van der Waals surface area contributed by atoms with E-state index in [-0.39, 0.29) is 25.2 Å². The first-order chi connectivity index (χ1) is 7.97. The molecule has 17 heavy (non-hydrogen) atoms. The number of carbonyl (C=O) groups is 2. The van der Waals surface area contributed by atoms with Crippen molar-refractivity contribution in [1.82, 2.24) is 9.78 Å². The van der Waals surface area contributed by atoms with Crippen LogP contribution in [0.25, 0.3) is 0 Å². The summed E-state index contributed by atoms with van der Waals surface area (Å²) in [6.07, 6.45) is 1.46. The predicted molar refractivity (Wildman–Crippen MR) is 59.6 cm³/mol. The lowest BCUT2D eigenvalue weighted by Gasteiger charge is -2.06. The third-order valence-corrected chi connectivity index (χ3v) is 1.75. The lowest BCUT2D eigenvalue weighted by Crippen LogP contribution is -2.21. The number of carbonyl (C=O) groups excluding carboxylic acids is 1. The third-order valence-electron chi connectivity index (χ3n) is 1.75. The van der Waals surface area contributed by atoms with Gasteiger partial charge in [0.2, 0.25) is 0 Å². The number of carboxylic acids is 1. The summed E-state index contributed by atoms with van der Waals surface area (Å²) in [5.41, 5.74) is 0. The molecule has 0 aliphatic heterocycles. The van der Waals surface area contributed by atoms with Crippen molar-refractivity contribution in [2.24, 2.45) is 0 Å². The number of hydrogen-bond donors (Lipinski definition) is 2. The van der Waals surface area contributed by atoms with Crippen molar-refractivity contribution in [3.8, 4) is 0 Å². The summed E-state index contributed by atoms with van der Waals surface area (Å²) >= 11 is 0. The van der Waals surface area contributed by atoms with Crippen LogP contribution in [0.4, 0.5) is 5.82 Å². The quantitative estimate of drug-likeness (QED) is 0.748. The van der Waals surface area contributed by atoms with Crippen LogP contribution in [0.15, 0.2) is 12.3 Å². The van der Waals surface area contributed by atoms with Crippen LogP contribution in [0.3, 0.4) is 0 Å². The van der Waals surface area contributed by atoms with Gasteiger partial charge in [-0.05, 0) is 13.8 Å². The van der Waals surface area contributed by atoms with Gasteiger partial charge in [0.1, 0.15) is 13.2 Å². The fourth-order valence-electron chi connectivity index (χ4n) is 1.08. The van der Waals surface area contributed by atoms with E-state index in [1.54, 1.807) is 0 Å². The van der Waals surface area contributed by atoms with Crippen molar-refractivity contribution in [3.63, 3.8) is 0 Å². The molecule has 0 aromatic carbocycles. The van der Waals surface area contributed by atoms with E-state index in [0.29, 0.717) is 5.82 Å². The topological polar surface area (TPSA) is 93.5 Å². The monoisotopic (exact) mass is 241 g/mol. The Morgan fingerprint density at radius 1 is 1.59 bits per heavy atom. The van der Waals surface area contributed by atoms with Crippen molar-refractivity contribution in [2.45, 2.75) is 26.5 Å². The zero-order valence-corrected chi connectivity index (χ0v) is 9.71. The predicted octanol–water partition coefficient (Wildman–Crippen LogP) is 0.331. The average molecular weight is 241 g/mol. The van der Waals surface area contributed by atoms with Gasteiger partial charge in [-0.2, -0.15) is 5.10 Å². The fourth-order valence-corrected chi connectivity index (χ4v) is 1.08. The van der Waals surface area contributed by atoms with Crippen LogP contribution in [0.5, 0.6) is 0 Å². The number of amides is 1. The van der Waals surface area contributed by atoms with E-state index < -0.39 is 5.97 Å². The molecular formula is C10H15N3O4. The molecule has 0 spiro atoms. The van der Waals surface area contributed by atoms with Crippen LogP contribution in [0.1, 0.15) is 13.8 Å². The van der Waals surface area contributed by atoms with E-state index in [4.69, 9.17) is 9.84 Å². The number of rotatable bonds is 6. The molecule has 1 rings (SSSR count). The minimum absolute atomic E-state index is 0.0229. The van der Waals surface area contributed by atoms with Crippen LogP contribution in [-0.4, -0.2) is 39.5 Å². The first kappa shape index (κ1) is 13.2. The lowest BCUT2D eigenvalue weighted by atomic mass is 10.5. The van der Waals surface area contributed by atoms with E-state index >= 15 is 0 Å². The number of anilines is 1. The maximum atomic E-state index is 11.3. The Bertz CT molecular complexity index is 400. The average Bonchev–Trinajstić information content (AvgIpc) is 2.61. The van der Waals surface area contributed by atoms with Crippen LogP contribution >= 0.6 is 0 Å². The normalized spacial score (nSPS) is 10.5. The highest BCUT2D eigenvalue weighted by Crippen LogP contribution is 2.02. The van der Waals surface area contributed by atoms with Crippen LogP contribution in [0, 0.1) is 0 Å². The molecular weight excluding hydrogens is 226 g/mol. The lowest BCUT2D eigenvalue weighted by molar-refractivity contribution is -0.137. The highest BCUT2D eigenvalue weighted by atomic mass is 16.5. The fraction of sp³-hybridized carbons (Fsp3) is 0.500. The minimum Gasteiger partial charge on any atom is -0.480 e. The van der Waals surface area contributed by atoms with E-state index in [9.17, 15) is 9.59 Å². The standard InChI is InChI=1S/C10H15N3O4/c1-7(2)17-6-9(14)11-8-3-4-13(12-8)5-10(15)16/h3-4,7H,5-6H2,1-2H3,(H,15,16)(H,11,12,14). The second-order valence-corrected chi connectivity index (χ2v) is 3.70. The molecule has 0 aliphatic rings. The van der Waals surface area contributed by atoms with Crippen LogP contribution < -0.4 is 5.32 Å². The first-order valence-corrected chi connectivity index (χ1v) is 5.14. The second-order valence-electron chi connectivity index (χ2n) is 3.70. The van der Waals surface area contributed by atoms with Gasteiger partial charge in [-0.15, -0.1) is 0 Å². The number of aliphatic carboxylic acids is 1. The van der Waals surface area contributed by atoms with Gasteiger partial charge in [0.25, 0.3) is 5.91 Å². The molecule has 7 nitrogen and oxygen atoms in total. The second kappa shape index (κ2) is 6.00. The summed E-state index contributed by atoms with van der Waals surface area (Å²) in [4.78, 5) is 21.8. The molecule has 0 unspecified atom stereocenters. The molecule has 0 saturated carbocycles. The molecule has 0 aliphatic carbocycles. The SMILES string of the molecule is CC(C)OCC(=O)Nc1ccn(CC(=O)O)n1. The van der Waals surface area contributed by atoms with E-state index in [0.717, 1.165) is 0 Å². The number of aromatic nitrogens is 2. The molecule has 1 aromatic rings. The van der Waals surface area contributed by atoms with Gasteiger partial charge >= 0.3 is 5.97 Å². The maximum Gasteiger partial charge on any atom is 0.325 e. The Morgan fingerprint density at radius 2 is 2.29 bits per heavy atom. The van der Waals surface area contributed by atoms with Crippen molar-refractivity contribution in [2.75, 3.05) is 11.9 Å². The molecule has 1 aromatic heterocycles. The number of carboxylic acid groups (broad SMARTS) is 1.